The number of carbonyl (C=O) groups is 3. The Hall–Kier alpha value is -2.05. The van der Waals surface area contributed by atoms with Crippen molar-refractivity contribution in [2.75, 3.05) is 40.0 Å². The van der Waals surface area contributed by atoms with Gasteiger partial charge in [-0.3, -0.25) is 19.3 Å². The first kappa shape index (κ1) is 34.1. The van der Waals surface area contributed by atoms with E-state index in [9.17, 15) is 14.4 Å². The summed E-state index contributed by atoms with van der Waals surface area (Å²) in [5.74, 6) is 0.931. The van der Waals surface area contributed by atoms with E-state index in [1.54, 1.807) is 6.08 Å². The van der Waals surface area contributed by atoms with E-state index in [0.717, 1.165) is 51.3 Å². The topological polar surface area (TPSA) is 72.9 Å². The molecular weight excluding hydrogens is 430 g/mol. The van der Waals surface area contributed by atoms with Gasteiger partial charge in [-0.15, -0.1) is 0 Å². The second kappa shape index (κ2) is 21.5. The number of methoxy groups -OCH3 is 1. The molecule has 0 bridgehead atoms. The lowest BCUT2D eigenvalue weighted by atomic mass is 9.92. The van der Waals surface area contributed by atoms with E-state index in [-0.39, 0.29) is 29.2 Å². The summed E-state index contributed by atoms with van der Waals surface area (Å²) in [5, 5.41) is 0. The molecule has 0 aromatic rings. The number of ether oxygens (including phenoxy) is 2. The van der Waals surface area contributed by atoms with Gasteiger partial charge in [0.15, 0.2) is 23.1 Å². The monoisotopic (exact) mass is 479 g/mol. The summed E-state index contributed by atoms with van der Waals surface area (Å²) in [6.45, 7) is 20.9. The van der Waals surface area contributed by atoms with Crippen molar-refractivity contribution in [1.82, 2.24) is 4.90 Å². The van der Waals surface area contributed by atoms with Gasteiger partial charge < -0.3 is 9.47 Å². The van der Waals surface area contributed by atoms with E-state index >= 15 is 0 Å². The fourth-order valence-corrected chi connectivity index (χ4v) is 2.87. The third-order valence-corrected chi connectivity index (χ3v) is 5.09. The van der Waals surface area contributed by atoms with Gasteiger partial charge in [0.05, 0.1) is 20.3 Å². The van der Waals surface area contributed by atoms with Crippen molar-refractivity contribution in [2.24, 2.45) is 11.8 Å². The fraction of sp³-hybridized carbons (Fsp3) is 0.679. The highest BCUT2D eigenvalue weighted by atomic mass is 16.5. The van der Waals surface area contributed by atoms with Crippen molar-refractivity contribution >= 4 is 17.3 Å². The van der Waals surface area contributed by atoms with Crippen LogP contribution in [0.3, 0.4) is 0 Å². The average molecular weight is 480 g/mol. The molecule has 0 N–H and O–H groups in total. The average Bonchev–Trinajstić information content (AvgIpc) is 2.86. The molecule has 0 spiro atoms. The Morgan fingerprint density at radius 3 is 2.06 bits per heavy atom. The van der Waals surface area contributed by atoms with Crippen LogP contribution in [0, 0.1) is 11.8 Å². The van der Waals surface area contributed by atoms with Crippen molar-refractivity contribution in [3.05, 3.63) is 36.1 Å². The van der Waals surface area contributed by atoms with Crippen LogP contribution in [0.5, 0.6) is 0 Å². The molecule has 0 radical (unpaired) electrons. The molecule has 34 heavy (non-hydrogen) atoms. The second-order valence-corrected chi connectivity index (χ2v) is 8.55. The zero-order valence-corrected chi connectivity index (χ0v) is 22.9. The van der Waals surface area contributed by atoms with E-state index in [1.165, 1.54) is 26.9 Å². The third-order valence-electron chi connectivity index (χ3n) is 5.09. The van der Waals surface area contributed by atoms with Gasteiger partial charge in [0.2, 0.25) is 0 Å². The van der Waals surface area contributed by atoms with Gasteiger partial charge >= 0.3 is 0 Å². The van der Waals surface area contributed by atoms with Gasteiger partial charge in [-0.2, -0.15) is 0 Å². The Morgan fingerprint density at radius 2 is 1.68 bits per heavy atom. The molecule has 2 aliphatic rings. The summed E-state index contributed by atoms with van der Waals surface area (Å²) in [5.41, 5.74) is 1.08. The summed E-state index contributed by atoms with van der Waals surface area (Å²) in [4.78, 5) is 35.1. The number of Topliss-reactive ketones (excluding diaryl/α,β-unsaturated/α-hetero) is 2. The normalized spacial score (nSPS) is 15.6. The summed E-state index contributed by atoms with van der Waals surface area (Å²) in [7, 11) is 1.42. The van der Waals surface area contributed by atoms with E-state index in [0.29, 0.717) is 5.78 Å². The van der Waals surface area contributed by atoms with Crippen LogP contribution >= 0.6 is 0 Å². The summed E-state index contributed by atoms with van der Waals surface area (Å²) < 4.78 is 9.70. The second-order valence-electron chi connectivity index (χ2n) is 8.55. The van der Waals surface area contributed by atoms with Gasteiger partial charge in [-0.05, 0) is 37.3 Å². The lowest BCUT2D eigenvalue weighted by Crippen LogP contribution is -2.36. The third kappa shape index (κ3) is 17.4. The maximum atomic E-state index is 11.4. The predicted molar refractivity (Wildman–Crippen MR) is 141 cm³/mol. The van der Waals surface area contributed by atoms with Crippen LogP contribution in [0.25, 0.3) is 0 Å². The molecule has 0 atom stereocenters. The Kier molecular flexibility index (Phi) is 21.6. The summed E-state index contributed by atoms with van der Waals surface area (Å²) in [6, 6.07) is 0. The van der Waals surface area contributed by atoms with Gasteiger partial charge in [0.1, 0.15) is 0 Å². The molecule has 1 saturated heterocycles. The minimum Gasteiger partial charge on any atom is -0.494 e. The lowest BCUT2D eigenvalue weighted by Gasteiger charge is -2.25. The van der Waals surface area contributed by atoms with Crippen LogP contribution in [0.15, 0.2) is 36.1 Å². The quantitative estimate of drug-likeness (QED) is 0.335. The molecule has 0 amide bonds. The molecule has 1 aliphatic heterocycles. The molecule has 1 fully saturated rings. The zero-order valence-electron chi connectivity index (χ0n) is 22.9. The Morgan fingerprint density at radius 1 is 1.09 bits per heavy atom. The van der Waals surface area contributed by atoms with Gasteiger partial charge in [0, 0.05) is 38.4 Å². The van der Waals surface area contributed by atoms with Crippen molar-refractivity contribution in [2.45, 2.75) is 74.1 Å². The highest BCUT2D eigenvalue weighted by Crippen LogP contribution is 2.20. The lowest BCUT2D eigenvalue weighted by molar-refractivity contribution is -0.118. The summed E-state index contributed by atoms with van der Waals surface area (Å²) >= 11 is 0. The van der Waals surface area contributed by atoms with E-state index in [4.69, 9.17) is 4.74 Å². The molecule has 1 heterocycles. The number of ketones is 3. The number of rotatable bonds is 8. The van der Waals surface area contributed by atoms with Crippen LogP contribution in [0.2, 0.25) is 0 Å². The Balaban J connectivity index is 0. The number of hydrogen-bond acceptors (Lipinski definition) is 6. The molecule has 0 aromatic carbocycles. The smallest absolute Gasteiger partial charge is 0.193 e. The van der Waals surface area contributed by atoms with E-state index in [1.807, 2.05) is 47.6 Å². The van der Waals surface area contributed by atoms with Crippen LogP contribution in [0.1, 0.15) is 74.1 Å². The van der Waals surface area contributed by atoms with Crippen LogP contribution in [-0.4, -0.2) is 62.2 Å². The first-order valence-electron chi connectivity index (χ1n) is 12.6. The number of hydrogen-bond donors (Lipinski definition) is 0. The Labute approximate surface area is 208 Å². The molecule has 0 aromatic heterocycles. The zero-order chi connectivity index (χ0) is 26.5. The van der Waals surface area contributed by atoms with Gasteiger partial charge in [-0.1, -0.05) is 60.3 Å². The number of allylic oxidation sites excluding steroid dienone is 4. The van der Waals surface area contributed by atoms with Gasteiger partial charge in [0.25, 0.3) is 0 Å². The maximum Gasteiger partial charge on any atom is 0.193 e. The maximum absolute atomic E-state index is 11.4. The van der Waals surface area contributed by atoms with Gasteiger partial charge in [-0.25, -0.2) is 0 Å². The van der Waals surface area contributed by atoms with Crippen LogP contribution < -0.4 is 0 Å². The molecule has 1 aliphatic carbocycles. The van der Waals surface area contributed by atoms with Crippen LogP contribution in [0.4, 0.5) is 0 Å². The first-order valence-corrected chi connectivity index (χ1v) is 12.6. The molecular formula is C28H49NO5. The van der Waals surface area contributed by atoms with Crippen molar-refractivity contribution < 1.29 is 23.9 Å². The first-order chi connectivity index (χ1) is 16.1. The van der Waals surface area contributed by atoms with E-state index in [2.05, 4.69) is 22.3 Å². The number of carbonyl (C=O) groups excluding carboxylic acids is 3. The van der Waals surface area contributed by atoms with E-state index < -0.39 is 0 Å². The number of nitrogens with zero attached hydrogens (tertiary/aromatic N) is 1. The highest BCUT2D eigenvalue weighted by molar-refractivity contribution is 5.96. The minimum atomic E-state index is -0.123. The standard InChI is InChI=1S/C11H19NO2.C10H16O.C5H8O2.C2H6/c1-10(2)11(13)4-3-5-12-6-8-14-9-7-12;1-8(2)10(11)9-6-4-3-5-7-9;1-4(6)5(2)7-3;1-2/h3-4,10H,5-9H2,1-2H3;6,8H,3-5,7H2,1-2H3;2H2,1,3H3;1-2H3/b4-3+;;;. The number of morpholine rings is 1. The SMILES string of the molecule is C=C(OC)C(C)=O.CC.CC(C)C(=O)/C=C/CN1CCOCC1.CC(C)C(=O)C1=CCCCC1. The van der Waals surface area contributed by atoms with Crippen molar-refractivity contribution in [3.8, 4) is 0 Å². The highest BCUT2D eigenvalue weighted by Gasteiger charge is 2.14. The largest absolute Gasteiger partial charge is 0.494 e. The molecule has 6 nitrogen and oxygen atoms in total. The molecule has 0 saturated carbocycles. The molecule has 196 valence electrons. The summed E-state index contributed by atoms with van der Waals surface area (Å²) in [6.07, 6.45) is 10.3. The minimum absolute atomic E-state index is 0.107. The predicted octanol–water partition coefficient (Wildman–Crippen LogP) is 5.57. The van der Waals surface area contributed by atoms with Crippen molar-refractivity contribution in [1.29, 1.82) is 0 Å². The van der Waals surface area contributed by atoms with Crippen molar-refractivity contribution in [3.63, 3.8) is 0 Å². The fourth-order valence-electron chi connectivity index (χ4n) is 2.87. The molecule has 2 rings (SSSR count). The molecule has 6 heteroatoms. The van der Waals surface area contributed by atoms with Crippen LogP contribution in [-0.2, 0) is 23.9 Å². The Bertz CT molecular complexity index is 656. The molecule has 0 unspecified atom stereocenters.